The number of rotatable bonds is 7. The van der Waals surface area contributed by atoms with Crippen molar-refractivity contribution in [3.05, 3.63) is 75.4 Å². The van der Waals surface area contributed by atoms with E-state index in [9.17, 15) is 18.7 Å². The van der Waals surface area contributed by atoms with E-state index in [4.69, 9.17) is 11.6 Å². The molecule has 1 fully saturated rings. The molecule has 10 nitrogen and oxygen atoms in total. The van der Waals surface area contributed by atoms with Crippen molar-refractivity contribution in [3.8, 4) is 0 Å². The second kappa shape index (κ2) is 10.7. The molecule has 1 saturated heterocycles. The molecule has 1 unspecified atom stereocenters. The number of alkyl halides is 2. The van der Waals surface area contributed by atoms with Gasteiger partial charge in [-0.05, 0) is 37.6 Å². The molecular weight excluding hydrogens is 542 g/mol. The number of hydrogen-bond acceptors (Lipinski definition) is 9. The van der Waals surface area contributed by atoms with Gasteiger partial charge in [0, 0.05) is 50.8 Å². The Bertz CT molecular complexity index is 1600. The lowest BCUT2D eigenvalue weighted by atomic mass is 9.94. The van der Waals surface area contributed by atoms with Crippen molar-refractivity contribution < 1.29 is 13.9 Å². The Hall–Kier alpha value is -3.77. The van der Waals surface area contributed by atoms with Gasteiger partial charge in [0.2, 0.25) is 5.95 Å². The Kier molecular flexibility index (Phi) is 7.40. The van der Waals surface area contributed by atoms with Gasteiger partial charge in [-0.25, -0.2) is 33.5 Å². The first-order chi connectivity index (χ1) is 19.0. The van der Waals surface area contributed by atoms with E-state index in [1.54, 1.807) is 30.4 Å². The average molecular weight is 571 g/mol. The maximum Gasteiger partial charge on any atom is 0.349 e. The molecule has 0 radical (unpaired) electrons. The van der Waals surface area contributed by atoms with Crippen LogP contribution in [0.2, 0.25) is 5.02 Å². The van der Waals surface area contributed by atoms with E-state index in [-0.39, 0.29) is 19.0 Å². The molecule has 3 aromatic heterocycles. The first kappa shape index (κ1) is 27.8. The number of aromatic nitrogens is 6. The minimum atomic E-state index is -2.94. The summed E-state index contributed by atoms with van der Waals surface area (Å²) in [5.41, 5.74) is 0.898. The molecule has 0 saturated carbocycles. The van der Waals surface area contributed by atoms with Gasteiger partial charge in [-0.3, -0.25) is 4.57 Å². The Balaban J connectivity index is 1.47. The van der Waals surface area contributed by atoms with Crippen LogP contribution in [-0.4, -0.2) is 60.2 Å². The van der Waals surface area contributed by atoms with Gasteiger partial charge >= 0.3 is 5.69 Å². The third kappa shape index (κ3) is 5.46. The zero-order chi connectivity index (χ0) is 28.7. The van der Waals surface area contributed by atoms with E-state index < -0.39 is 36.1 Å². The number of aliphatic hydroxyl groups excluding tert-OH is 1. The molecule has 210 valence electrons. The Morgan fingerprint density at radius 2 is 1.95 bits per heavy atom. The number of hydrogen-bond donors (Lipinski definition) is 2. The third-order valence-corrected chi connectivity index (χ3v) is 7.48. The number of halogens is 3. The smallest absolute Gasteiger partial charge is 0.349 e. The lowest BCUT2D eigenvalue weighted by Gasteiger charge is -2.37. The van der Waals surface area contributed by atoms with Crippen molar-refractivity contribution in [1.29, 1.82) is 0 Å². The van der Waals surface area contributed by atoms with Crippen molar-refractivity contribution in [2.75, 3.05) is 29.9 Å². The average Bonchev–Trinajstić information content (AvgIpc) is 2.93. The SMILES string of the molecule is Cn1c(=O)nc(NC(C)(C)c2ncccn2)c2cc(Cc3nc(N4CCC(F)(F)C(CO)C4)ncc3Cl)ccc21. The highest BCUT2D eigenvalue weighted by molar-refractivity contribution is 6.31. The topological polar surface area (TPSA) is 122 Å². The molecule has 1 aliphatic rings. The molecule has 0 bridgehead atoms. The van der Waals surface area contributed by atoms with E-state index in [0.29, 0.717) is 39.7 Å². The fraction of sp³-hybridized carbons (Fsp3) is 0.407. The van der Waals surface area contributed by atoms with Gasteiger partial charge in [0.05, 0.1) is 40.5 Å². The van der Waals surface area contributed by atoms with Gasteiger partial charge in [-0.2, -0.15) is 4.98 Å². The summed E-state index contributed by atoms with van der Waals surface area (Å²) in [6, 6.07) is 7.35. The van der Waals surface area contributed by atoms with E-state index >= 15 is 0 Å². The van der Waals surface area contributed by atoms with Crippen molar-refractivity contribution in [1.82, 2.24) is 29.5 Å². The summed E-state index contributed by atoms with van der Waals surface area (Å²) in [5, 5.41) is 13.8. The van der Waals surface area contributed by atoms with Gasteiger partial charge in [0.15, 0.2) is 5.82 Å². The fourth-order valence-electron chi connectivity index (χ4n) is 4.79. The molecule has 0 aliphatic carbocycles. The van der Waals surface area contributed by atoms with E-state index in [1.165, 1.54) is 10.8 Å². The van der Waals surface area contributed by atoms with Gasteiger partial charge in [-0.1, -0.05) is 17.7 Å². The Morgan fingerprint density at radius 3 is 2.67 bits per heavy atom. The summed E-state index contributed by atoms with van der Waals surface area (Å²) in [6.07, 6.45) is 4.69. The number of nitrogens with one attached hydrogen (secondary N) is 1. The Morgan fingerprint density at radius 1 is 1.20 bits per heavy atom. The van der Waals surface area contributed by atoms with E-state index in [0.717, 1.165) is 5.56 Å². The lowest BCUT2D eigenvalue weighted by molar-refractivity contribution is -0.0881. The van der Waals surface area contributed by atoms with Crippen LogP contribution in [0.25, 0.3) is 10.9 Å². The molecule has 40 heavy (non-hydrogen) atoms. The van der Waals surface area contributed by atoms with Crippen LogP contribution in [0, 0.1) is 5.92 Å². The molecule has 4 heterocycles. The summed E-state index contributed by atoms with van der Waals surface area (Å²) in [4.78, 5) is 36.1. The summed E-state index contributed by atoms with van der Waals surface area (Å²) in [6.45, 7) is 3.18. The first-order valence-electron chi connectivity index (χ1n) is 12.8. The summed E-state index contributed by atoms with van der Waals surface area (Å²) in [5.74, 6) is -2.92. The lowest BCUT2D eigenvalue weighted by Crippen LogP contribution is -2.49. The molecule has 13 heteroatoms. The number of aliphatic hydroxyl groups is 1. The molecule has 2 N–H and O–H groups in total. The van der Waals surface area contributed by atoms with E-state index in [2.05, 4.69) is 30.2 Å². The minimum absolute atomic E-state index is 0.0593. The second-order valence-corrected chi connectivity index (χ2v) is 10.9. The van der Waals surface area contributed by atoms with Crippen molar-refractivity contribution in [2.24, 2.45) is 13.0 Å². The molecule has 1 aromatic carbocycles. The highest BCUT2D eigenvalue weighted by Gasteiger charge is 2.44. The van der Waals surface area contributed by atoms with Gasteiger partial charge in [0.1, 0.15) is 5.82 Å². The molecule has 5 rings (SSSR count). The number of aryl methyl sites for hydroxylation is 1. The quantitative estimate of drug-likeness (QED) is 0.343. The predicted molar refractivity (Wildman–Crippen MR) is 148 cm³/mol. The maximum atomic E-state index is 14.1. The van der Waals surface area contributed by atoms with Crippen LogP contribution in [0.1, 0.15) is 37.4 Å². The number of piperidine rings is 1. The van der Waals surface area contributed by atoms with Crippen molar-refractivity contribution in [3.63, 3.8) is 0 Å². The largest absolute Gasteiger partial charge is 0.396 e. The molecule has 1 atom stereocenters. The van der Waals surface area contributed by atoms with Crippen LogP contribution >= 0.6 is 11.6 Å². The second-order valence-electron chi connectivity index (χ2n) is 10.5. The molecule has 0 spiro atoms. The van der Waals surface area contributed by atoms with Gasteiger partial charge in [-0.15, -0.1) is 0 Å². The number of benzene rings is 1. The van der Waals surface area contributed by atoms with Crippen LogP contribution in [0.5, 0.6) is 0 Å². The van der Waals surface area contributed by atoms with Gasteiger partial charge < -0.3 is 15.3 Å². The number of anilines is 2. The van der Waals surface area contributed by atoms with Crippen LogP contribution < -0.4 is 15.9 Å². The monoisotopic (exact) mass is 570 g/mol. The summed E-state index contributed by atoms with van der Waals surface area (Å²) < 4.78 is 29.7. The predicted octanol–water partition coefficient (Wildman–Crippen LogP) is 3.56. The molecule has 1 aliphatic heterocycles. The van der Waals surface area contributed by atoms with Crippen LogP contribution in [0.3, 0.4) is 0 Å². The summed E-state index contributed by atoms with van der Waals surface area (Å²) in [7, 11) is 1.65. The van der Waals surface area contributed by atoms with Crippen LogP contribution in [0.4, 0.5) is 20.5 Å². The summed E-state index contributed by atoms with van der Waals surface area (Å²) >= 11 is 6.45. The van der Waals surface area contributed by atoms with Crippen molar-refractivity contribution >= 4 is 34.3 Å². The van der Waals surface area contributed by atoms with Crippen molar-refractivity contribution in [2.45, 2.75) is 38.2 Å². The van der Waals surface area contributed by atoms with Gasteiger partial charge in [0.25, 0.3) is 5.92 Å². The van der Waals surface area contributed by atoms with E-state index in [1.807, 2.05) is 32.0 Å². The molecule has 0 amide bonds. The zero-order valence-electron chi connectivity index (χ0n) is 22.3. The first-order valence-corrected chi connectivity index (χ1v) is 13.2. The fourth-order valence-corrected chi connectivity index (χ4v) is 4.95. The number of nitrogens with zero attached hydrogens (tertiary/aromatic N) is 7. The van der Waals surface area contributed by atoms with Crippen LogP contribution in [0.15, 0.2) is 47.7 Å². The zero-order valence-corrected chi connectivity index (χ0v) is 23.0. The maximum absolute atomic E-state index is 14.1. The molecular formula is C27H29ClF2N8O2. The normalized spacial score (nSPS) is 17.3. The standard InChI is InChI=1S/C27H29ClF2N8O2/c1-26(2,23-31-8-4-9-32-23)36-22-18-11-16(5-6-21(18)37(3)25(40)35-22)12-20-19(28)13-33-24(34-20)38-10-7-27(29,30)17(14-38)15-39/h4-6,8-9,11,13,17,39H,7,10,12,14-15H2,1-3H3,(H,35,36,40). The highest BCUT2D eigenvalue weighted by Crippen LogP contribution is 2.35. The Labute approximate surface area is 234 Å². The molecule has 4 aromatic rings. The third-order valence-electron chi connectivity index (χ3n) is 7.16. The van der Waals surface area contributed by atoms with Crippen LogP contribution in [-0.2, 0) is 19.0 Å². The number of fused-ring (bicyclic) bond motifs is 1. The highest BCUT2D eigenvalue weighted by atomic mass is 35.5. The minimum Gasteiger partial charge on any atom is -0.396 e.